The van der Waals surface area contributed by atoms with Crippen molar-refractivity contribution >= 4 is 7.28 Å². The van der Waals surface area contributed by atoms with Gasteiger partial charge >= 0.3 is 0 Å². The molecule has 0 bridgehead atoms. The highest BCUT2D eigenvalue weighted by Gasteiger charge is 2.14. The van der Waals surface area contributed by atoms with Crippen LogP contribution < -0.4 is 5.32 Å². The third kappa shape index (κ3) is 3.20. The summed E-state index contributed by atoms with van der Waals surface area (Å²) in [6.07, 6.45) is 0.124. The van der Waals surface area contributed by atoms with E-state index in [1.165, 1.54) is 0 Å². The Hall–Kier alpha value is -0.0551. The first-order valence-electron chi connectivity index (χ1n) is 3.50. The molecule has 2 atom stereocenters. The zero-order chi connectivity index (χ0) is 7.98. The normalized spacial score (nSPS) is 16.4. The van der Waals surface area contributed by atoms with Crippen LogP contribution in [0.4, 0.5) is 0 Å². The standard InChI is InChI=1S/C6H15BNO2/c1-7-3-5(8-2)6(10)4-9/h5-6,8-10H,3-4H2,1-2H3. The van der Waals surface area contributed by atoms with E-state index in [4.69, 9.17) is 10.2 Å². The van der Waals surface area contributed by atoms with E-state index >= 15 is 0 Å². The number of rotatable bonds is 5. The van der Waals surface area contributed by atoms with Crippen LogP contribution in [0.15, 0.2) is 0 Å². The summed E-state index contributed by atoms with van der Waals surface area (Å²) in [5, 5.41) is 20.6. The van der Waals surface area contributed by atoms with Crippen LogP contribution in [0, 0.1) is 0 Å². The fourth-order valence-electron chi connectivity index (χ4n) is 0.848. The van der Waals surface area contributed by atoms with Crippen molar-refractivity contribution in [3.8, 4) is 0 Å². The van der Waals surface area contributed by atoms with Crippen LogP contribution in [0.1, 0.15) is 0 Å². The molecule has 2 unspecified atom stereocenters. The van der Waals surface area contributed by atoms with Gasteiger partial charge in [0, 0.05) is 6.04 Å². The molecule has 0 saturated heterocycles. The summed E-state index contributed by atoms with van der Waals surface area (Å²) in [5.41, 5.74) is 0. The zero-order valence-electron chi connectivity index (χ0n) is 6.54. The lowest BCUT2D eigenvalue weighted by molar-refractivity contribution is 0.0704. The average molecular weight is 144 g/mol. The Bertz CT molecular complexity index is 82.1. The molecule has 1 radical (unpaired) electrons. The number of aliphatic hydroxyl groups excluding tert-OH is 2. The molecular weight excluding hydrogens is 129 g/mol. The molecule has 0 amide bonds. The van der Waals surface area contributed by atoms with Crippen molar-refractivity contribution in [3.05, 3.63) is 0 Å². The molecule has 0 aromatic carbocycles. The summed E-state index contributed by atoms with van der Waals surface area (Å²) < 4.78 is 0. The second kappa shape index (κ2) is 5.71. The third-order valence-electron chi connectivity index (χ3n) is 1.51. The average Bonchev–Trinajstić information content (AvgIpc) is 1.99. The molecule has 0 spiro atoms. The van der Waals surface area contributed by atoms with Gasteiger partial charge in [-0.3, -0.25) is 0 Å². The van der Waals surface area contributed by atoms with Crippen LogP contribution in [0.25, 0.3) is 0 Å². The summed E-state index contributed by atoms with van der Waals surface area (Å²) in [4.78, 5) is 0. The van der Waals surface area contributed by atoms with E-state index in [1.807, 2.05) is 14.1 Å². The summed E-state index contributed by atoms with van der Waals surface area (Å²) >= 11 is 0. The summed E-state index contributed by atoms with van der Waals surface area (Å²) in [6, 6.07) is -0.0185. The van der Waals surface area contributed by atoms with Crippen molar-refractivity contribution in [3.63, 3.8) is 0 Å². The van der Waals surface area contributed by atoms with E-state index < -0.39 is 6.10 Å². The van der Waals surface area contributed by atoms with Crippen molar-refractivity contribution in [1.82, 2.24) is 5.32 Å². The van der Waals surface area contributed by atoms with Gasteiger partial charge in [0.15, 0.2) is 0 Å². The molecule has 59 valence electrons. The lowest BCUT2D eigenvalue weighted by atomic mass is 9.74. The Morgan fingerprint density at radius 1 is 1.60 bits per heavy atom. The first kappa shape index (κ1) is 9.94. The van der Waals surface area contributed by atoms with E-state index in [-0.39, 0.29) is 12.6 Å². The highest BCUT2D eigenvalue weighted by molar-refractivity contribution is 6.33. The number of aliphatic hydroxyl groups is 2. The zero-order valence-corrected chi connectivity index (χ0v) is 6.54. The minimum Gasteiger partial charge on any atom is -0.394 e. The smallest absolute Gasteiger partial charge is 0.107 e. The molecule has 10 heavy (non-hydrogen) atoms. The van der Waals surface area contributed by atoms with Crippen molar-refractivity contribution in [2.24, 2.45) is 0 Å². The molecule has 0 saturated carbocycles. The molecule has 0 rings (SSSR count). The predicted molar refractivity (Wildman–Crippen MR) is 42.4 cm³/mol. The van der Waals surface area contributed by atoms with Gasteiger partial charge in [-0.2, -0.15) is 0 Å². The van der Waals surface area contributed by atoms with E-state index in [0.717, 1.165) is 6.32 Å². The molecule has 0 fully saturated rings. The summed E-state index contributed by atoms with van der Waals surface area (Å²) in [6.45, 7) is 1.74. The topological polar surface area (TPSA) is 52.5 Å². The second-order valence-electron chi connectivity index (χ2n) is 2.29. The van der Waals surface area contributed by atoms with E-state index in [9.17, 15) is 0 Å². The van der Waals surface area contributed by atoms with Gasteiger partial charge in [0.05, 0.1) is 12.7 Å². The monoisotopic (exact) mass is 144 g/mol. The van der Waals surface area contributed by atoms with Gasteiger partial charge in [-0.1, -0.05) is 13.1 Å². The van der Waals surface area contributed by atoms with Crippen LogP contribution in [-0.4, -0.2) is 43.3 Å². The van der Waals surface area contributed by atoms with E-state index in [2.05, 4.69) is 5.32 Å². The van der Waals surface area contributed by atoms with Gasteiger partial charge < -0.3 is 15.5 Å². The highest BCUT2D eigenvalue weighted by atomic mass is 16.3. The molecule has 0 aliphatic heterocycles. The van der Waals surface area contributed by atoms with Crippen LogP contribution in [0.3, 0.4) is 0 Å². The second-order valence-corrected chi connectivity index (χ2v) is 2.29. The number of hydrogen-bond acceptors (Lipinski definition) is 3. The molecule has 3 N–H and O–H groups in total. The molecule has 0 aromatic rings. The molecular formula is C6H15BNO2. The van der Waals surface area contributed by atoms with Crippen molar-refractivity contribution in [1.29, 1.82) is 0 Å². The molecule has 0 heterocycles. The first-order chi connectivity index (χ1) is 4.76. The van der Waals surface area contributed by atoms with Gasteiger partial charge in [-0.05, 0) is 7.05 Å². The van der Waals surface area contributed by atoms with Crippen LogP contribution in [-0.2, 0) is 0 Å². The minimum absolute atomic E-state index is 0.0185. The van der Waals surface area contributed by atoms with Gasteiger partial charge in [0.1, 0.15) is 7.28 Å². The van der Waals surface area contributed by atoms with E-state index in [0.29, 0.717) is 0 Å². The molecule has 4 heteroatoms. The fraction of sp³-hybridized carbons (Fsp3) is 1.00. The maximum Gasteiger partial charge on any atom is 0.107 e. The molecule has 0 aromatic heterocycles. The van der Waals surface area contributed by atoms with Gasteiger partial charge in [-0.15, -0.1) is 0 Å². The Balaban J connectivity index is 3.56. The third-order valence-corrected chi connectivity index (χ3v) is 1.51. The minimum atomic E-state index is -0.652. The van der Waals surface area contributed by atoms with Crippen LogP contribution >= 0.6 is 0 Å². The Morgan fingerprint density at radius 3 is 2.50 bits per heavy atom. The van der Waals surface area contributed by atoms with Gasteiger partial charge in [0.25, 0.3) is 0 Å². The van der Waals surface area contributed by atoms with Gasteiger partial charge in [-0.25, -0.2) is 0 Å². The fourth-order valence-corrected chi connectivity index (χ4v) is 0.848. The lowest BCUT2D eigenvalue weighted by Crippen LogP contribution is -2.40. The largest absolute Gasteiger partial charge is 0.394 e. The van der Waals surface area contributed by atoms with Crippen molar-refractivity contribution < 1.29 is 10.2 Å². The van der Waals surface area contributed by atoms with Crippen LogP contribution in [0.2, 0.25) is 13.1 Å². The maximum atomic E-state index is 9.12. The Morgan fingerprint density at radius 2 is 2.20 bits per heavy atom. The summed E-state index contributed by atoms with van der Waals surface area (Å²) in [5.74, 6) is 0. The van der Waals surface area contributed by atoms with Crippen molar-refractivity contribution in [2.75, 3.05) is 13.7 Å². The molecule has 3 nitrogen and oxygen atoms in total. The molecule has 0 aliphatic carbocycles. The maximum absolute atomic E-state index is 9.12. The van der Waals surface area contributed by atoms with Crippen molar-refractivity contribution in [2.45, 2.75) is 25.3 Å². The predicted octanol–water partition coefficient (Wildman–Crippen LogP) is -0.902. The SMILES string of the molecule is C[B]CC(NC)C(O)CO. The highest BCUT2D eigenvalue weighted by Crippen LogP contribution is 1.97. The Labute approximate surface area is 62.7 Å². The Kier molecular flexibility index (Phi) is 5.68. The number of nitrogens with one attached hydrogen (secondary N) is 1. The van der Waals surface area contributed by atoms with Crippen LogP contribution in [0.5, 0.6) is 0 Å². The molecule has 0 aliphatic rings. The summed E-state index contributed by atoms with van der Waals surface area (Å²) in [7, 11) is 3.73. The number of likely N-dealkylation sites (N-methyl/N-ethyl adjacent to an activating group) is 1. The first-order valence-corrected chi connectivity index (χ1v) is 3.50. The van der Waals surface area contributed by atoms with E-state index in [1.54, 1.807) is 7.05 Å². The number of hydrogen-bond donors (Lipinski definition) is 3. The van der Waals surface area contributed by atoms with Gasteiger partial charge in [0.2, 0.25) is 0 Å². The quantitative estimate of drug-likeness (QED) is 0.438. The lowest BCUT2D eigenvalue weighted by Gasteiger charge is -2.19.